The standard InChI is InChI=1S/C8H19NO3S/c1-5-7(10)6-13(11,12)9-8(2,3)4/h7,9-10H,5-6H2,1-4H3. The number of hydrogen-bond donors (Lipinski definition) is 2. The second-order valence-electron chi connectivity index (χ2n) is 4.20. The average molecular weight is 209 g/mol. The molecule has 0 aromatic carbocycles. The summed E-state index contributed by atoms with van der Waals surface area (Å²) in [6, 6.07) is 0. The Morgan fingerprint density at radius 3 is 2.15 bits per heavy atom. The lowest BCUT2D eigenvalue weighted by Gasteiger charge is -2.21. The van der Waals surface area contributed by atoms with Crippen LogP contribution in [0.25, 0.3) is 0 Å². The Morgan fingerprint density at radius 2 is 1.85 bits per heavy atom. The molecular formula is C8H19NO3S. The fraction of sp³-hybridized carbons (Fsp3) is 1.00. The Labute approximate surface area is 80.4 Å². The van der Waals surface area contributed by atoms with Crippen LogP contribution in [0.5, 0.6) is 0 Å². The number of hydrogen-bond acceptors (Lipinski definition) is 3. The van der Waals surface area contributed by atoms with E-state index in [0.29, 0.717) is 6.42 Å². The third-order valence-corrected chi connectivity index (χ3v) is 3.09. The molecule has 80 valence electrons. The van der Waals surface area contributed by atoms with Crippen LogP contribution in [0.1, 0.15) is 34.1 Å². The lowest BCUT2D eigenvalue weighted by Crippen LogP contribution is -2.43. The average Bonchev–Trinajstić information content (AvgIpc) is 1.80. The Balaban J connectivity index is 4.27. The van der Waals surface area contributed by atoms with Crippen molar-refractivity contribution < 1.29 is 13.5 Å². The predicted octanol–water partition coefficient (Wildman–Crippen LogP) is 0.475. The van der Waals surface area contributed by atoms with E-state index < -0.39 is 21.7 Å². The normalized spacial score (nSPS) is 15.8. The third-order valence-electron chi connectivity index (χ3n) is 1.34. The molecule has 0 aromatic rings. The van der Waals surface area contributed by atoms with E-state index in [1.54, 1.807) is 27.7 Å². The Bertz CT molecular complexity index is 241. The van der Waals surface area contributed by atoms with E-state index in [4.69, 9.17) is 0 Å². The van der Waals surface area contributed by atoms with Crippen molar-refractivity contribution in [3.63, 3.8) is 0 Å². The minimum atomic E-state index is -3.35. The first-order valence-corrected chi connectivity index (χ1v) is 6.01. The van der Waals surface area contributed by atoms with E-state index in [0.717, 1.165) is 0 Å². The van der Waals surface area contributed by atoms with Gasteiger partial charge < -0.3 is 5.11 Å². The minimum absolute atomic E-state index is 0.221. The van der Waals surface area contributed by atoms with Gasteiger partial charge in [0.25, 0.3) is 0 Å². The van der Waals surface area contributed by atoms with Crippen molar-refractivity contribution in [2.45, 2.75) is 45.8 Å². The van der Waals surface area contributed by atoms with E-state index in [1.807, 2.05) is 0 Å². The summed E-state index contributed by atoms with van der Waals surface area (Å²) in [5, 5.41) is 9.17. The zero-order chi connectivity index (χ0) is 10.7. The van der Waals surface area contributed by atoms with E-state index in [2.05, 4.69) is 4.72 Å². The van der Waals surface area contributed by atoms with Gasteiger partial charge in [0.1, 0.15) is 0 Å². The van der Waals surface area contributed by atoms with E-state index in [9.17, 15) is 13.5 Å². The first-order chi connectivity index (χ1) is 5.66. The maximum Gasteiger partial charge on any atom is 0.214 e. The van der Waals surface area contributed by atoms with Crippen LogP contribution in [-0.2, 0) is 10.0 Å². The molecule has 5 heteroatoms. The predicted molar refractivity (Wildman–Crippen MR) is 53.0 cm³/mol. The lowest BCUT2D eigenvalue weighted by molar-refractivity contribution is 0.192. The monoisotopic (exact) mass is 209 g/mol. The molecule has 1 unspecified atom stereocenters. The van der Waals surface area contributed by atoms with E-state index in [-0.39, 0.29) is 5.75 Å². The quantitative estimate of drug-likeness (QED) is 0.707. The third kappa shape index (κ3) is 6.98. The number of rotatable bonds is 4. The first-order valence-electron chi connectivity index (χ1n) is 4.36. The molecule has 0 aliphatic carbocycles. The van der Waals surface area contributed by atoms with Crippen molar-refractivity contribution in [2.75, 3.05) is 5.75 Å². The van der Waals surface area contributed by atoms with Crippen LogP contribution >= 0.6 is 0 Å². The number of sulfonamides is 1. The molecule has 0 rings (SSSR count). The largest absolute Gasteiger partial charge is 0.392 e. The Kier molecular flexibility index (Phi) is 4.35. The summed E-state index contributed by atoms with van der Waals surface area (Å²) in [7, 11) is -3.35. The molecule has 0 aliphatic heterocycles. The molecule has 0 aromatic heterocycles. The molecule has 0 heterocycles. The topological polar surface area (TPSA) is 66.4 Å². The Hall–Kier alpha value is -0.130. The minimum Gasteiger partial charge on any atom is -0.392 e. The molecule has 0 fully saturated rings. The van der Waals surface area contributed by atoms with E-state index >= 15 is 0 Å². The Morgan fingerprint density at radius 1 is 1.38 bits per heavy atom. The van der Waals surface area contributed by atoms with Crippen molar-refractivity contribution in [2.24, 2.45) is 0 Å². The van der Waals surface area contributed by atoms with Gasteiger partial charge in [0.05, 0.1) is 11.9 Å². The molecule has 0 bridgehead atoms. The van der Waals surface area contributed by atoms with Crippen LogP contribution in [0, 0.1) is 0 Å². The van der Waals surface area contributed by atoms with Crippen LogP contribution in [0.3, 0.4) is 0 Å². The van der Waals surface area contributed by atoms with Gasteiger partial charge in [-0.15, -0.1) is 0 Å². The summed E-state index contributed by atoms with van der Waals surface area (Å²) in [4.78, 5) is 0. The molecule has 4 nitrogen and oxygen atoms in total. The SMILES string of the molecule is CCC(O)CS(=O)(=O)NC(C)(C)C. The van der Waals surface area contributed by atoms with Crippen LogP contribution in [0.15, 0.2) is 0 Å². The molecular weight excluding hydrogens is 190 g/mol. The molecule has 1 atom stereocenters. The summed E-state index contributed by atoms with van der Waals surface area (Å²) in [5.74, 6) is -0.221. The zero-order valence-electron chi connectivity index (χ0n) is 8.66. The molecule has 0 aliphatic rings. The highest BCUT2D eigenvalue weighted by Crippen LogP contribution is 2.04. The highest BCUT2D eigenvalue weighted by molar-refractivity contribution is 7.89. The van der Waals surface area contributed by atoms with Gasteiger partial charge in [-0.1, -0.05) is 6.92 Å². The van der Waals surface area contributed by atoms with Crippen molar-refractivity contribution >= 4 is 10.0 Å². The van der Waals surface area contributed by atoms with Crippen LogP contribution in [-0.4, -0.2) is 30.9 Å². The number of aliphatic hydroxyl groups is 1. The summed E-state index contributed by atoms with van der Waals surface area (Å²) >= 11 is 0. The molecule has 0 amide bonds. The van der Waals surface area contributed by atoms with Gasteiger partial charge in [-0.3, -0.25) is 0 Å². The fourth-order valence-corrected chi connectivity index (χ4v) is 2.64. The van der Waals surface area contributed by atoms with Crippen molar-refractivity contribution in [3.05, 3.63) is 0 Å². The van der Waals surface area contributed by atoms with Gasteiger partial charge in [-0.25, -0.2) is 13.1 Å². The summed E-state index contributed by atoms with van der Waals surface area (Å²) in [5.41, 5.74) is -0.480. The molecule has 0 saturated heterocycles. The van der Waals surface area contributed by atoms with Crippen LogP contribution in [0.2, 0.25) is 0 Å². The van der Waals surface area contributed by atoms with Gasteiger partial charge in [-0.2, -0.15) is 0 Å². The smallest absolute Gasteiger partial charge is 0.214 e. The molecule has 0 spiro atoms. The van der Waals surface area contributed by atoms with Gasteiger partial charge in [-0.05, 0) is 27.2 Å². The highest BCUT2D eigenvalue weighted by Gasteiger charge is 2.22. The maximum atomic E-state index is 11.3. The summed E-state index contributed by atoms with van der Waals surface area (Å²) in [6.45, 7) is 7.05. The first kappa shape index (κ1) is 12.9. The second-order valence-corrected chi connectivity index (χ2v) is 5.96. The lowest BCUT2D eigenvalue weighted by atomic mass is 10.1. The summed E-state index contributed by atoms with van der Waals surface area (Å²) < 4.78 is 25.2. The highest BCUT2D eigenvalue weighted by atomic mass is 32.2. The number of aliphatic hydroxyl groups excluding tert-OH is 1. The van der Waals surface area contributed by atoms with Crippen molar-refractivity contribution in [3.8, 4) is 0 Å². The fourth-order valence-electron chi connectivity index (χ4n) is 0.879. The number of nitrogens with one attached hydrogen (secondary N) is 1. The van der Waals surface area contributed by atoms with Gasteiger partial charge in [0.15, 0.2) is 0 Å². The molecule has 13 heavy (non-hydrogen) atoms. The maximum absolute atomic E-state index is 11.3. The van der Waals surface area contributed by atoms with Crippen LogP contribution in [0.4, 0.5) is 0 Å². The van der Waals surface area contributed by atoms with Gasteiger partial charge >= 0.3 is 0 Å². The molecule has 0 saturated carbocycles. The zero-order valence-corrected chi connectivity index (χ0v) is 9.48. The van der Waals surface area contributed by atoms with Gasteiger partial charge in [0, 0.05) is 5.54 Å². The van der Waals surface area contributed by atoms with Gasteiger partial charge in [0.2, 0.25) is 10.0 Å². The second kappa shape index (κ2) is 4.39. The van der Waals surface area contributed by atoms with Crippen LogP contribution < -0.4 is 4.72 Å². The van der Waals surface area contributed by atoms with E-state index in [1.165, 1.54) is 0 Å². The van der Waals surface area contributed by atoms with Crippen molar-refractivity contribution in [1.29, 1.82) is 0 Å². The molecule has 2 N–H and O–H groups in total. The molecule has 0 radical (unpaired) electrons. The summed E-state index contributed by atoms with van der Waals surface area (Å²) in [6.07, 6.45) is -0.328. The van der Waals surface area contributed by atoms with Crippen molar-refractivity contribution in [1.82, 2.24) is 4.72 Å².